The summed E-state index contributed by atoms with van der Waals surface area (Å²) in [5, 5.41) is 10.6. The van der Waals surface area contributed by atoms with Crippen LogP contribution in [0.5, 0.6) is 0 Å². The Labute approximate surface area is 135 Å². The summed E-state index contributed by atoms with van der Waals surface area (Å²) in [6, 6.07) is 0. The van der Waals surface area contributed by atoms with Crippen molar-refractivity contribution in [3.8, 4) is 0 Å². The summed E-state index contributed by atoms with van der Waals surface area (Å²) in [5.41, 5.74) is -0.389. The number of aromatic nitrogens is 4. The van der Waals surface area contributed by atoms with Crippen LogP contribution in [0, 0.1) is 0 Å². The summed E-state index contributed by atoms with van der Waals surface area (Å²) >= 11 is 7.18. The first-order valence-corrected chi connectivity index (χ1v) is 8.00. The highest BCUT2D eigenvalue weighted by atomic mass is 35.5. The van der Waals surface area contributed by atoms with Gasteiger partial charge in [0.25, 0.3) is 5.56 Å². The minimum atomic E-state index is -0.515. The Morgan fingerprint density at radius 2 is 2.23 bits per heavy atom. The van der Waals surface area contributed by atoms with Gasteiger partial charge in [0, 0.05) is 24.4 Å². The molecule has 22 heavy (non-hydrogen) atoms. The number of imidazole rings is 1. The first kappa shape index (κ1) is 16.9. The average molecular weight is 345 g/mol. The van der Waals surface area contributed by atoms with Crippen LogP contribution in [-0.4, -0.2) is 36.1 Å². The number of hydrogen-bond donors (Lipinski definition) is 2. The van der Waals surface area contributed by atoms with E-state index in [-0.39, 0.29) is 0 Å². The Hall–Kier alpha value is -1.51. The Morgan fingerprint density at radius 3 is 2.82 bits per heavy atom. The third-order valence-corrected chi connectivity index (χ3v) is 4.35. The number of aromatic amines is 1. The van der Waals surface area contributed by atoms with Crippen molar-refractivity contribution < 1.29 is 5.11 Å². The quantitative estimate of drug-likeness (QED) is 0.790. The molecule has 2 heterocycles. The number of fused-ring (bicyclic) bond motifs is 1. The largest absolute Gasteiger partial charge is 0.393 e. The number of nitrogens with zero attached hydrogens (tertiary/aromatic N) is 3. The molecule has 0 unspecified atom stereocenters. The van der Waals surface area contributed by atoms with Crippen molar-refractivity contribution in [3.05, 3.63) is 31.9 Å². The molecule has 2 aromatic rings. The second-order valence-electron chi connectivity index (χ2n) is 4.95. The second kappa shape index (κ2) is 6.72. The van der Waals surface area contributed by atoms with Gasteiger partial charge in [0.2, 0.25) is 0 Å². The summed E-state index contributed by atoms with van der Waals surface area (Å²) in [6.45, 7) is 3.77. The Balaban J connectivity index is 2.66. The topological polar surface area (TPSA) is 92.9 Å². The molecule has 7 nitrogen and oxygen atoms in total. The van der Waals surface area contributed by atoms with Gasteiger partial charge in [-0.05, 0) is 13.8 Å². The van der Waals surface area contributed by atoms with Crippen molar-refractivity contribution in [2.24, 2.45) is 7.05 Å². The lowest BCUT2D eigenvalue weighted by Crippen LogP contribution is -2.29. The van der Waals surface area contributed by atoms with E-state index in [1.54, 1.807) is 31.5 Å². The number of rotatable bonds is 5. The third-order valence-electron chi connectivity index (χ3n) is 2.98. The van der Waals surface area contributed by atoms with Crippen LogP contribution in [0.1, 0.15) is 13.8 Å². The lowest BCUT2D eigenvalue weighted by atomic mass is 10.4. The molecule has 0 radical (unpaired) electrons. The van der Waals surface area contributed by atoms with Gasteiger partial charge in [-0.3, -0.25) is 14.3 Å². The van der Waals surface area contributed by atoms with Crippen LogP contribution in [0.3, 0.4) is 0 Å². The number of aliphatic hydroxyl groups is 1. The molecule has 0 aliphatic rings. The van der Waals surface area contributed by atoms with E-state index in [1.165, 1.54) is 16.3 Å². The Bertz CT molecular complexity index is 830. The van der Waals surface area contributed by atoms with Gasteiger partial charge in [-0.15, -0.1) is 0 Å². The monoisotopic (exact) mass is 344 g/mol. The van der Waals surface area contributed by atoms with E-state index in [1.807, 2.05) is 0 Å². The number of halogens is 1. The fourth-order valence-corrected chi connectivity index (χ4v) is 2.84. The van der Waals surface area contributed by atoms with Crippen molar-refractivity contribution in [1.29, 1.82) is 0 Å². The SMILES string of the molecule is C/C(Cl)=C\Cn1c(SC[C@H](C)O)nc2c1c(=O)[nH]c(=O)n2C. The smallest absolute Gasteiger partial charge is 0.329 e. The minimum Gasteiger partial charge on any atom is -0.393 e. The minimum absolute atomic E-state index is 0.308. The number of nitrogens with one attached hydrogen (secondary N) is 1. The number of aliphatic hydroxyl groups excluding tert-OH is 1. The summed E-state index contributed by atoms with van der Waals surface area (Å²) < 4.78 is 2.98. The lowest BCUT2D eigenvalue weighted by molar-refractivity contribution is 0.220. The predicted molar refractivity (Wildman–Crippen MR) is 87.6 cm³/mol. The molecule has 120 valence electrons. The van der Waals surface area contributed by atoms with E-state index >= 15 is 0 Å². The van der Waals surface area contributed by atoms with Crippen LogP contribution in [-0.2, 0) is 13.6 Å². The average Bonchev–Trinajstić information content (AvgIpc) is 2.79. The molecular weight excluding hydrogens is 328 g/mol. The number of allylic oxidation sites excluding steroid dienone is 2. The standard InChI is InChI=1S/C13H17ClN4O3S/c1-7(14)4-5-18-9-10(15-13(18)22-6-8(2)19)17(3)12(21)16-11(9)20/h4,8,19H,5-6H2,1-3H3,(H,16,20,21)/b7-4+/t8-/m0/s1. The Morgan fingerprint density at radius 1 is 1.55 bits per heavy atom. The van der Waals surface area contributed by atoms with Crippen LogP contribution < -0.4 is 11.2 Å². The van der Waals surface area contributed by atoms with Gasteiger partial charge in [0.05, 0.1) is 6.10 Å². The molecule has 9 heteroatoms. The van der Waals surface area contributed by atoms with Gasteiger partial charge in [-0.25, -0.2) is 9.78 Å². The highest BCUT2D eigenvalue weighted by Crippen LogP contribution is 2.22. The molecule has 0 spiro atoms. The normalized spacial score (nSPS) is 13.8. The fraction of sp³-hybridized carbons (Fsp3) is 0.462. The maximum Gasteiger partial charge on any atom is 0.329 e. The highest BCUT2D eigenvalue weighted by molar-refractivity contribution is 7.99. The lowest BCUT2D eigenvalue weighted by Gasteiger charge is -2.07. The molecule has 0 aliphatic carbocycles. The van der Waals surface area contributed by atoms with Crippen LogP contribution in [0.2, 0.25) is 0 Å². The predicted octanol–water partition coefficient (Wildman–Crippen LogP) is 1.04. The summed E-state index contributed by atoms with van der Waals surface area (Å²) in [4.78, 5) is 30.4. The van der Waals surface area contributed by atoms with Gasteiger partial charge in [-0.2, -0.15) is 0 Å². The number of aryl methyl sites for hydroxylation is 1. The first-order valence-electron chi connectivity index (χ1n) is 6.64. The van der Waals surface area contributed by atoms with Crippen LogP contribution in [0.25, 0.3) is 11.2 Å². The van der Waals surface area contributed by atoms with Crippen molar-refractivity contribution in [3.63, 3.8) is 0 Å². The van der Waals surface area contributed by atoms with Gasteiger partial charge in [-0.1, -0.05) is 29.4 Å². The molecule has 0 bridgehead atoms. The molecule has 1 atom stereocenters. The van der Waals surface area contributed by atoms with Gasteiger partial charge >= 0.3 is 5.69 Å². The molecule has 2 aromatic heterocycles. The molecule has 0 aliphatic heterocycles. The Kier molecular flexibility index (Phi) is 5.15. The van der Waals surface area contributed by atoms with E-state index in [0.29, 0.717) is 33.7 Å². The molecule has 0 fully saturated rings. The summed E-state index contributed by atoms with van der Waals surface area (Å²) in [6.07, 6.45) is 1.24. The summed E-state index contributed by atoms with van der Waals surface area (Å²) in [5.74, 6) is 0.429. The van der Waals surface area contributed by atoms with E-state index in [2.05, 4.69) is 9.97 Å². The van der Waals surface area contributed by atoms with E-state index < -0.39 is 17.4 Å². The van der Waals surface area contributed by atoms with Crippen molar-refractivity contribution in [2.75, 3.05) is 5.75 Å². The van der Waals surface area contributed by atoms with Crippen molar-refractivity contribution in [2.45, 2.75) is 31.7 Å². The molecule has 0 saturated carbocycles. The maximum atomic E-state index is 12.1. The highest BCUT2D eigenvalue weighted by Gasteiger charge is 2.17. The van der Waals surface area contributed by atoms with Crippen LogP contribution in [0.4, 0.5) is 0 Å². The molecule has 0 aromatic carbocycles. The number of thioether (sulfide) groups is 1. The van der Waals surface area contributed by atoms with Gasteiger partial charge in [0.1, 0.15) is 0 Å². The first-order chi connectivity index (χ1) is 10.3. The van der Waals surface area contributed by atoms with E-state index in [0.717, 1.165) is 0 Å². The summed E-state index contributed by atoms with van der Waals surface area (Å²) in [7, 11) is 1.55. The van der Waals surface area contributed by atoms with Gasteiger partial charge < -0.3 is 9.67 Å². The molecule has 0 amide bonds. The zero-order valence-corrected chi connectivity index (χ0v) is 14.0. The van der Waals surface area contributed by atoms with Crippen LogP contribution in [0.15, 0.2) is 25.9 Å². The fourth-order valence-electron chi connectivity index (χ4n) is 1.91. The second-order valence-corrected chi connectivity index (χ2v) is 6.53. The zero-order valence-electron chi connectivity index (χ0n) is 12.5. The number of hydrogen-bond acceptors (Lipinski definition) is 5. The zero-order chi connectivity index (χ0) is 16.4. The molecule has 2 N–H and O–H groups in total. The van der Waals surface area contributed by atoms with Crippen molar-refractivity contribution in [1.82, 2.24) is 19.1 Å². The molecule has 0 saturated heterocycles. The number of H-pyrrole nitrogens is 1. The van der Waals surface area contributed by atoms with Gasteiger partial charge in [0.15, 0.2) is 16.3 Å². The van der Waals surface area contributed by atoms with E-state index in [4.69, 9.17) is 11.6 Å². The third kappa shape index (κ3) is 3.45. The molecule has 2 rings (SSSR count). The molecular formula is C13H17ClN4O3S. The maximum absolute atomic E-state index is 12.1. The van der Waals surface area contributed by atoms with E-state index in [9.17, 15) is 14.7 Å². The van der Waals surface area contributed by atoms with Crippen LogP contribution >= 0.6 is 23.4 Å². The van der Waals surface area contributed by atoms with Crippen molar-refractivity contribution >= 4 is 34.5 Å².